The summed E-state index contributed by atoms with van der Waals surface area (Å²) < 4.78 is 18.2. The molecule has 6 nitrogen and oxygen atoms in total. The van der Waals surface area contributed by atoms with Crippen LogP contribution in [-0.2, 0) is 18.4 Å². The second-order valence-corrected chi connectivity index (χ2v) is 3.05. The fourth-order valence-electron chi connectivity index (χ4n) is 0.356. The third kappa shape index (κ3) is 5.03. The molecule has 0 aromatic carbocycles. The van der Waals surface area contributed by atoms with Gasteiger partial charge in [-0.3, -0.25) is 9.09 Å². The number of hydrogen-bond acceptors (Lipinski definition) is 6. The zero-order valence-electron chi connectivity index (χ0n) is 6.30. The van der Waals surface area contributed by atoms with E-state index < -0.39 is 20.1 Å². The van der Waals surface area contributed by atoms with Crippen LogP contribution in [0.2, 0.25) is 0 Å². The van der Waals surface area contributed by atoms with Crippen molar-refractivity contribution < 1.29 is 28.4 Å². The molecule has 0 heterocycles. The highest BCUT2D eigenvalue weighted by Gasteiger charge is 2.15. The molecule has 0 saturated heterocycles. The number of phosphoric ester groups is 1. The Morgan fingerprint density at radius 2 is 2.33 bits per heavy atom. The molecule has 2 unspecified atom stereocenters. The fraction of sp³-hybridized carbons (Fsp3) is 0.400. The van der Waals surface area contributed by atoms with Crippen LogP contribution >= 0.6 is 7.82 Å². The first-order valence-corrected chi connectivity index (χ1v) is 4.37. The predicted octanol–water partition coefficient (Wildman–Crippen LogP) is -0.461. The Bertz CT molecular complexity index is 222. The quantitative estimate of drug-likeness (QED) is 0.370. The Hall–Kier alpha value is -0.680. The van der Waals surface area contributed by atoms with E-state index in [1.807, 2.05) is 0 Å². The molecule has 0 aromatic rings. The number of carbonyl (C=O) groups is 1. The minimum absolute atomic E-state index is 0.663. The summed E-state index contributed by atoms with van der Waals surface area (Å²) in [5.41, 5.74) is 0. The maximum Gasteiger partial charge on any atom is 0.335 e. The lowest BCUT2D eigenvalue weighted by Crippen LogP contribution is -2.16. The lowest BCUT2D eigenvalue weighted by Gasteiger charge is -2.22. The molecule has 2 atom stereocenters. The van der Waals surface area contributed by atoms with Crippen LogP contribution in [0.3, 0.4) is 0 Å². The van der Waals surface area contributed by atoms with Gasteiger partial charge in [0, 0.05) is 6.08 Å². The molecule has 0 bridgehead atoms. The Labute approximate surface area is 69.0 Å². The van der Waals surface area contributed by atoms with Crippen molar-refractivity contribution in [2.24, 2.45) is 0 Å². The summed E-state index contributed by atoms with van der Waals surface area (Å²) in [4.78, 5) is 20.9. The van der Waals surface area contributed by atoms with E-state index in [1.54, 1.807) is 0 Å². The largest absolute Gasteiger partial charge is 0.746 e. The normalized spacial score (nSPS) is 17.6. The standard InChI is InChI=1S/C5H9O6P/c1-3-5(7)11-12(8,9)10-4(2)6/h3-4,6H,1H2,2H3,(H,8,9)/p-1. The molecule has 0 aliphatic heterocycles. The van der Waals surface area contributed by atoms with E-state index >= 15 is 0 Å². The summed E-state index contributed by atoms with van der Waals surface area (Å²) in [7, 11) is -4.74. The monoisotopic (exact) mass is 195 g/mol. The molecule has 0 aromatic heterocycles. The molecule has 0 fully saturated rings. The third-order valence-electron chi connectivity index (χ3n) is 0.650. The molecule has 0 amide bonds. The Morgan fingerprint density at radius 3 is 2.67 bits per heavy atom. The van der Waals surface area contributed by atoms with E-state index in [2.05, 4.69) is 15.6 Å². The first kappa shape index (κ1) is 11.3. The number of phosphoric acid groups is 1. The van der Waals surface area contributed by atoms with Crippen molar-refractivity contribution in [3.63, 3.8) is 0 Å². The van der Waals surface area contributed by atoms with Crippen molar-refractivity contribution in [3.8, 4) is 0 Å². The van der Waals surface area contributed by atoms with Crippen molar-refractivity contribution in [3.05, 3.63) is 12.7 Å². The minimum atomic E-state index is -4.74. The SMILES string of the molecule is C=CC(=O)OP(=O)([O-])OC(C)O. The Morgan fingerprint density at radius 1 is 1.83 bits per heavy atom. The molecule has 7 heteroatoms. The van der Waals surface area contributed by atoms with Gasteiger partial charge in [-0.15, -0.1) is 0 Å². The molecule has 0 rings (SSSR count). The van der Waals surface area contributed by atoms with Crippen LogP contribution in [0.15, 0.2) is 12.7 Å². The Balaban J connectivity index is 4.13. The van der Waals surface area contributed by atoms with Crippen molar-refractivity contribution in [2.45, 2.75) is 13.2 Å². The van der Waals surface area contributed by atoms with Crippen molar-refractivity contribution in [2.75, 3.05) is 0 Å². The van der Waals surface area contributed by atoms with Gasteiger partial charge in [-0.1, -0.05) is 6.58 Å². The molecule has 0 spiro atoms. The summed E-state index contributed by atoms with van der Waals surface area (Å²) in [5, 5.41) is 8.46. The molecule has 0 aliphatic rings. The highest BCUT2D eigenvalue weighted by molar-refractivity contribution is 7.46. The summed E-state index contributed by atoms with van der Waals surface area (Å²) in [5.74, 6) is -1.16. The average Bonchev–Trinajstić information content (AvgIpc) is 1.83. The van der Waals surface area contributed by atoms with Crippen molar-refractivity contribution in [1.82, 2.24) is 0 Å². The van der Waals surface area contributed by atoms with Gasteiger partial charge in [0.1, 0.15) is 0 Å². The number of carbonyl (C=O) groups excluding carboxylic acids is 1. The van der Waals surface area contributed by atoms with E-state index in [-0.39, 0.29) is 0 Å². The van der Waals surface area contributed by atoms with Crippen LogP contribution in [0.25, 0.3) is 0 Å². The van der Waals surface area contributed by atoms with E-state index in [0.29, 0.717) is 6.08 Å². The van der Waals surface area contributed by atoms with E-state index in [4.69, 9.17) is 5.11 Å². The first-order valence-electron chi connectivity index (χ1n) is 2.91. The van der Waals surface area contributed by atoms with Crippen molar-refractivity contribution in [1.29, 1.82) is 0 Å². The second-order valence-electron chi connectivity index (χ2n) is 1.77. The zero-order chi connectivity index (χ0) is 9.78. The number of aliphatic hydroxyl groups excluding tert-OH is 1. The van der Waals surface area contributed by atoms with Crippen LogP contribution in [0.1, 0.15) is 6.92 Å². The number of hydrogen-bond donors (Lipinski definition) is 1. The molecule has 0 saturated carbocycles. The second kappa shape index (κ2) is 4.37. The van der Waals surface area contributed by atoms with E-state index in [1.165, 1.54) is 0 Å². The maximum atomic E-state index is 10.6. The van der Waals surface area contributed by atoms with Gasteiger partial charge in [0.15, 0.2) is 6.29 Å². The topological polar surface area (TPSA) is 95.9 Å². The van der Waals surface area contributed by atoms with Gasteiger partial charge in [0.05, 0.1) is 0 Å². The maximum absolute atomic E-state index is 10.6. The van der Waals surface area contributed by atoms with Crippen LogP contribution in [0.4, 0.5) is 0 Å². The molecule has 70 valence electrons. The first-order chi connectivity index (χ1) is 5.37. The van der Waals surface area contributed by atoms with Gasteiger partial charge in [-0.05, 0) is 6.92 Å². The lowest BCUT2D eigenvalue weighted by molar-refractivity contribution is -0.236. The van der Waals surface area contributed by atoms with Gasteiger partial charge in [-0.2, -0.15) is 0 Å². The van der Waals surface area contributed by atoms with Crippen molar-refractivity contribution >= 4 is 13.8 Å². The predicted molar refractivity (Wildman–Crippen MR) is 36.7 cm³/mol. The third-order valence-corrected chi connectivity index (χ3v) is 1.62. The Kier molecular flexibility index (Phi) is 4.12. The molecule has 1 N–H and O–H groups in total. The van der Waals surface area contributed by atoms with E-state index in [9.17, 15) is 14.3 Å². The number of aliphatic hydroxyl groups is 1. The van der Waals surface area contributed by atoms with Crippen LogP contribution < -0.4 is 4.89 Å². The summed E-state index contributed by atoms with van der Waals surface area (Å²) >= 11 is 0. The van der Waals surface area contributed by atoms with E-state index in [0.717, 1.165) is 6.92 Å². The summed E-state index contributed by atoms with van der Waals surface area (Å²) in [6, 6.07) is 0. The summed E-state index contributed by atoms with van der Waals surface area (Å²) in [6.45, 7) is 4.03. The van der Waals surface area contributed by atoms with Gasteiger partial charge in [0.2, 0.25) is 0 Å². The molecule has 0 radical (unpaired) electrons. The highest BCUT2D eigenvalue weighted by atomic mass is 31.2. The smallest absolute Gasteiger partial charge is 0.335 e. The highest BCUT2D eigenvalue weighted by Crippen LogP contribution is 2.39. The van der Waals surface area contributed by atoms with Gasteiger partial charge in [-0.25, -0.2) is 4.79 Å². The fourth-order valence-corrected chi connectivity index (χ4v) is 1.07. The molecule has 12 heavy (non-hydrogen) atoms. The van der Waals surface area contributed by atoms with Gasteiger partial charge in [0.25, 0.3) is 0 Å². The van der Waals surface area contributed by atoms with Crippen LogP contribution in [0.5, 0.6) is 0 Å². The molecular weight excluding hydrogens is 187 g/mol. The molecule has 0 aliphatic carbocycles. The molecular formula is C5H8O6P-. The van der Waals surface area contributed by atoms with Crippen LogP contribution in [-0.4, -0.2) is 17.4 Å². The zero-order valence-corrected chi connectivity index (χ0v) is 7.19. The van der Waals surface area contributed by atoms with Gasteiger partial charge >= 0.3 is 13.8 Å². The van der Waals surface area contributed by atoms with Gasteiger partial charge < -0.3 is 14.5 Å². The average molecular weight is 195 g/mol. The van der Waals surface area contributed by atoms with Crippen LogP contribution in [0, 0.1) is 0 Å². The minimum Gasteiger partial charge on any atom is -0.746 e. The summed E-state index contributed by atoms with van der Waals surface area (Å²) in [6.07, 6.45) is -0.887. The lowest BCUT2D eigenvalue weighted by atomic mass is 10.7. The number of rotatable bonds is 4.